The van der Waals surface area contributed by atoms with E-state index in [0.717, 1.165) is 24.0 Å². The minimum atomic E-state index is -3.54. The molecule has 0 saturated carbocycles. The molecule has 0 bridgehead atoms. The fourth-order valence-corrected chi connectivity index (χ4v) is 4.23. The first-order valence-electron chi connectivity index (χ1n) is 7.48. The number of aryl methyl sites for hydroxylation is 1. The van der Waals surface area contributed by atoms with E-state index in [1.165, 1.54) is 4.31 Å². The van der Waals surface area contributed by atoms with E-state index < -0.39 is 15.8 Å². The van der Waals surface area contributed by atoms with E-state index in [-0.39, 0.29) is 6.54 Å². The molecular weight excluding hydrogens is 288 g/mol. The van der Waals surface area contributed by atoms with Crippen LogP contribution in [-0.4, -0.2) is 37.5 Å². The van der Waals surface area contributed by atoms with Gasteiger partial charge in [0.2, 0.25) is 0 Å². The van der Waals surface area contributed by atoms with Crippen LogP contribution in [0.3, 0.4) is 0 Å². The zero-order valence-corrected chi connectivity index (χ0v) is 13.5. The molecule has 0 spiro atoms. The van der Waals surface area contributed by atoms with Gasteiger partial charge in [-0.15, -0.1) is 0 Å². The predicted octanol–water partition coefficient (Wildman–Crippen LogP) is 1.39. The summed E-state index contributed by atoms with van der Waals surface area (Å²) in [4.78, 5) is 0. The molecule has 1 aromatic rings. The van der Waals surface area contributed by atoms with Crippen LogP contribution in [-0.2, 0) is 22.2 Å². The van der Waals surface area contributed by atoms with E-state index in [1.54, 1.807) is 13.8 Å². The standard InChI is InChI=1S/C15H24N2O3S/c1-3-17(4-2)21(19,20)16-12-15(18)11-7-9-13-8-5-6-10-14(13)15/h5-6,8,10,16,18H,3-4,7,9,11-12H2,1-2H3. The van der Waals surface area contributed by atoms with Crippen molar-refractivity contribution < 1.29 is 13.5 Å². The van der Waals surface area contributed by atoms with Crippen molar-refractivity contribution in [2.45, 2.75) is 38.7 Å². The fraction of sp³-hybridized carbons (Fsp3) is 0.600. The molecule has 1 unspecified atom stereocenters. The second kappa shape index (κ2) is 6.44. The van der Waals surface area contributed by atoms with Crippen molar-refractivity contribution in [2.24, 2.45) is 0 Å². The number of nitrogens with one attached hydrogen (secondary N) is 1. The third-order valence-electron chi connectivity index (χ3n) is 4.15. The van der Waals surface area contributed by atoms with Gasteiger partial charge in [0, 0.05) is 19.6 Å². The Morgan fingerprint density at radius 1 is 1.29 bits per heavy atom. The Morgan fingerprint density at radius 3 is 2.62 bits per heavy atom. The zero-order valence-electron chi connectivity index (χ0n) is 12.7. The van der Waals surface area contributed by atoms with Crippen LogP contribution < -0.4 is 4.72 Å². The van der Waals surface area contributed by atoms with Crippen molar-refractivity contribution >= 4 is 10.2 Å². The van der Waals surface area contributed by atoms with Crippen molar-refractivity contribution in [3.63, 3.8) is 0 Å². The van der Waals surface area contributed by atoms with Gasteiger partial charge >= 0.3 is 0 Å². The summed E-state index contributed by atoms with van der Waals surface area (Å²) in [5.41, 5.74) is 0.835. The molecule has 2 N–H and O–H groups in total. The lowest BCUT2D eigenvalue weighted by Crippen LogP contribution is -2.48. The van der Waals surface area contributed by atoms with Crippen LogP contribution in [0.1, 0.15) is 37.8 Å². The Balaban J connectivity index is 2.17. The van der Waals surface area contributed by atoms with E-state index in [1.807, 2.05) is 24.3 Å². The van der Waals surface area contributed by atoms with E-state index in [2.05, 4.69) is 4.72 Å². The Bertz CT molecular complexity index is 584. The molecule has 0 aliphatic heterocycles. The highest BCUT2D eigenvalue weighted by Gasteiger charge is 2.35. The highest BCUT2D eigenvalue weighted by molar-refractivity contribution is 7.87. The monoisotopic (exact) mass is 312 g/mol. The summed E-state index contributed by atoms with van der Waals surface area (Å²) < 4.78 is 28.3. The second-order valence-corrected chi connectivity index (χ2v) is 7.21. The lowest BCUT2D eigenvalue weighted by atomic mass is 9.79. The number of aliphatic hydroxyl groups is 1. The van der Waals surface area contributed by atoms with Crippen LogP contribution in [0.5, 0.6) is 0 Å². The number of benzene rings is 1. The van der Waals surface area contributed by atoms with Crippen molar-refractivity contribution in [3.8, 4) is 0 Å². The van der Waals surface area contributed by atoms with E-state index in [4.69, 9.17) is 0 Å². The molecule has 2 rings (SSSR count). The molecule has 1 atom stereocenters. The van der Waals surface area contributed by atoms with Gasteiger partial charge in [0.25, 0.3) is 10.2 Å². The molecule has 1 aromatic carbocycles. The van der Waals surface area contributed by atoms with Crippen molar-refractivity contribution in [3.05, 3.63) is 35.4 Å². The summed E-state index contributed by atoms with van der Waals surface area (Å²) in [5.74, 6) is 0. The SMILES string of the molecule is CCN(CC)S(=O)(=O)NCC1(O)CCCc2ccccc21. The predicted molar refractivity (Wildman–Crippen MR) is 83.1 cm³/mol. The van der Waals surface area contributed by atoms with Gasteiger partial charge in [-0.05, 0) is 30.4 Å². The number of fused-ring (bicyclic) bond motifs is 1. The van der Waals surface area contributed by atoms with Crippen molar-refractivity contribution in [1.82, 2.24) is 9.03 Å². The molecule has 0 radical (unpaired) electrons. The van der Waals surface area contributed by atoms with Crippen LogP contribution in [0.4, 0.5) is 0 Å². The van der Waals surface area contributed by atoms with Gasteiger partial charge < -0.3 is 5.11 Å². The first-order chi connectivity index (χ1) is 9.93. The lowest BCUT2D eigenvalue weighted by molar-refractivity contribution is 0.0239. The minimum absolute atomic E-state index is 0.0167. The number of hydrogen-bond donors (Lipinski definition) is 2. The van der Waals surface area contributed by atoms with Crippen LogP contribution in [0.2, 0.25) is 0 Å². The van der Waals surface area contributed by atoms with E-state index in [0.29, 0.717) is 19.5 Å². The van der Waals surface area contributed by atoms with Crippen LogP contribution >= 0.6 is 0 Å². The maximum atomic E-state index is 12.2. The average molecular weight is 312 g/mol. The Labute approximate surface area is 127 Å². The molecule has 1 aliphatic rings. The molecule has 0 saturated heterocycles. The Kier molecular flexibility index (Phi) is 5.03. The Morgan fingerprint density at radius 2 is 1.95 bits per heavy atom. The smallest absolute Gasteiger partial charge is 0.279 e. The number of nitrogens with zero attached hydrogens (tertiary/aromatic N) is 1. The number of hydrogen-bond acceptors (Lipinski definition) is 3. The minimum Gasteiger partial charge on any atom is -0.384 e. The molecule has 6 heteroatoms. The van der Waals surface area contributed by atoms with Gasteiger partial charge in [-0.1, -0.05) is 38.1 Å². The van der Waals surface area contributed by atoms with Gasteiger partial charge in [0.1, 0.15) is 5.60 Å². The van der Waals surface area contributed by atoms with E-state index in [9.17, 15) is 13.5 Å². The molecule has 0 heterocycles. The topological polar surface area (TPSA) is 69.6 Å². The average Bonchev–Trinajstić information content (AvgIpc) is 2.47. The number of rotatable bonds is 6. The fourth-order valence-electron chi connectivity index (χ4n) is 2.95. The van der Waals surface area contributed by atoms with Gasteiger partial charge in [0.15, 0.2) is 0 Å². The molecule has 0 aromatic heterocycles. The summed E-state index contributed by atoms with van der Waals surface area (Å²) in [6.07, 6.45) is 2.37. The van der Waals surface area contributed by atoms with Crippen LogP contribution in [0.15, 0.2) is 24.3 Å². The summed E-state index contributed by atoms with van der Waals surface area (Å²) in [6, 6.07) is 7.72. The summed E-state index contributed by atoms with van der Waals surface area (Å²) in [6.45, 7) is 4.45. The third kappa shape index (κ3) is 3.45. The third-order valence-corrected chi connectivity index (χ3v) is 5.85. The van der Waals surface area contributed by atoms with Crippen molar-refractivity contribution in [1.29, 1.82) is 0 Å². The first-order valence-corrected chi connectivity index (χ1v) is 8.92. The van der Waals surface area contributed by atoms with Gasteiger partial charge in [-0.2, -0.15) is 17.4 Å². The maximum Gasteiger partial charge on any atom is 0.279 e. The Hall–Kier alpha value is -0.950. The summed E-state index contributed by atoms with van der Waals surface area (Å²) in [5, 5.41) is 10.9. The molecule has 0 amide bonds. The first kappa shape index (κ1) is 16.4. The largest absolute Gasteiger partial charge is 0.384 e. The molecule has 118 valence electrons. The summed E-state index contributed by atoms with van der Waals surface area (Å²) in [7, 11) is -3.54. The highest BCUT2D eigenvalue weighted by atomic mass is 32.2. The van der Waals surface area contributed by atoms with E-state index >= 15 is 0 Å². The molecule has 0 fully saturated rings. The zero-order chi connectivity index (χ0) is 15.5. The lowest BCUT2D eigenvalue weighted by Gasteiger charge is -2.35. The summed E-state index contributed by atoms with van der Waals surface area (Å²) >= 11 is 0. The van der Waals surface area contributed by atoms with Gasteiger partial charge in [-0.25, -0.2) is 0 Å². The quantitative estimate of drug-likeness (QED) is 0.834. The van der Waals surface area contributed by atoms with Crippen molar-refractivity contribution in [2.75, 3.05) is 19.6 Å². The van der Waals surface area contributed by atoms with Gasteiger partial charge in [-0.3, -0.25) is 0 Å². The molecule has 5 nitrogen and oxygen atoms in total. The highest BCUT2D eigenvalue weighted by Crippen LogP contribution is 2.34. The molecular formula is C15H24N2O3S. The van der Waals surface area contributed by atoms with Crippen LogP contribution in [0.25, 0.3) is 0 Å². The second-order valence-electron chi connectivity index (χ2n) is 5.45. The molecule has 1 aliphatic carbocycles. The molecule has 21 heavy (non-hydrogen) atoms. The van der Waals surface area contributed by atoms with Crippen LogP contribution in [0, 0.1) is 0 Å². The normalized spacial score (nSPS) is 22.3. The maximum absolute atomic E-state index is 12.2. The van der Waals surface area contributed by atoms with Gasteiger partial charge in [0.05, 0.1) is 0 Å².